The summed E-state index contributed by atoms with van der Waals surface area (Å²) in [6, 6.07) is 2.40. The number of halogens is 2. The maximum Gasteiger partial charge on any atom is 0.331 e. The van der Waals surface area contributed by atoms with Gasteiger partial charge < -0.3 is 0 Å². The van der Waals surface area contributed by atoms with Crippen molar-refractivity contribution in [3.8, 4) is 0 Å². The second-order valence-electron chi connectivity index (χ2n) is 5.47. The van der Waals surface area contributed by atoms with Crippen molar-refractivity contribution in [3.63, 3.8) is 0 Å². The molecule has 0 spiro atoms. The van der Waals surface area contributed by atoms with Crippen molar-refractivity contribution in [1.29, 1.82) is 0 Å². The molecule has 8 nitrogen and oxygen atoms in total. The SMILES string of the molecule is CC(C)Cn1c(Cl)cc(=O)n(C)c1=O.Cn1c(=O)cc(Cl)[nH]c1=O. The highest BCUT2D eigenvalue weighted by atomic mass is 35.5. The van der Waals surface area contributed by atoms with E-state index >= 15 is 0 Å². The van der Waals surface area contributed by atoms with Gasteiger partial charge in [-0.1, -0.05) is 37.0 Å². The number of aromatic nitrogens is 4. The number of nitrogens with one attached hydrogen (secondary N) is 1. The summed E-state index contributed by atoms with van der Waals surface area (Å²) in [5, 5.41) is 0.264. The molecule has 0 amide bonds. The van der Waals surface area contributed by atoms with Gasteiger partial charge in [0.1, 0.15) is 10.3 Å². The third-order valence-electron chi connectivity index (χ3n) is 3.01. The Kier molecular flexibility index (Phi) is 6.80. The summed E-state index contributed by atoms with van der Waals surface area (Å²) in [7, 11) is 2.81. The van der Waals surface area contributed by atoms with E-state index < -0.39 is 11.2 Å². The standard InChI is InChI=1S/C9H13ClN2O2.C5H5ClN2O2/c1-6(2)5-12-7(10)4-8(13)11(3)9(12)14;1-8-4(9)2-3(6)7-5(8)10/h4,6H,5H2,1-3H3;2H,1H3,(H,7,10). The molecular formula is C14H18Cl2N4O4. The van der Waals surface area contributed by atoms with Crippen molar-refractivity contribution in [2.45, 2.75) is 20.4 Å². The average Bonchev–Trinajstić information content (AvgIpc) is 2.47. The molecule has 2 aromatic heterocycles. The van der Waals surface area contributed by atoms with Gasteiger partial charge in [-0.2, -0.15) is 0 Å². The van der Waals surface area contributed by atoms with E-state index in [2.05, 4.69) is 4.98 Å². The van der Waals surface area contributed by atoms with Crippen LogP contribution in [0.5, 0.6) is 0 Å². The molecule has 0 atom stereocenters. The first-order valence-corrected chi connectivity index (χ1v) is 7.72. The summed E-state index contributed by atoms with van der Waals surface area (Å²) in [4.78, 5) is 46.4. The first-order chi connectivity index (χ1) is 11.0. The number of hydrogen-bond acceptors (Lipinski definition) is 4. The monoisotopic (exact) mass is 376 g/mol. The predicted molar refractivity (Wildman–Crippen MR) is 93.1 cm³/mol. The van der Waals surface area contributed by atoms with Crippen molar-refractivity contribution < 1.29 is 0 Å². The Bertz CT molecular complexity index is 922. The minimum atomic E-state index is -0.502. The molecule has 0 aliphatic rings. The third-order valence-corrected chi connectivity index (χ3v) is 3.53. The van der Waals surface area contributed by atoms with Crippen molar-refractivity contribution in [3.05, 3.63) is 64.1 Å². The normalized spacial score (nSPS) is 10.5. The molecule has 0 saturated heterocycles. The van der Waals surface area contributed by atoms with Gasteiger partial charge in [-0.05, 0) is 5.92 Å². The molecule has 2 aromatic rings. The quantitative estimate of drug-likeness (QED) is 0.774. The Labute approximate surface area is 146 Å². The molecule has 0 saturated carbocycles. The molecule has 0 unspecified atom stereocenters. The van der Waals surface area contributed by atoms with Crippen LogP contribution in [-0.4, -0.2) is 18.7 Å². The number of aromatic amines is 1. The predicted octanol–water partition coefficient (Wildman–Crippen LogP) is 0.583. The Morgan fingerprint density at radius 1 is 1.00 bits per heavy atom. The van der Waals surface area contributed by atoms with E-state index in [1.807, 2.05) is 13.8 Å². The van der Waals surface area contributed by atoms with Gasteiger partial charge in [0.05, 0.1) is 0 Å². The lowest BCUT2D eigenvalue weighted by molar-refractivity contribution is 0.488. The van der Waals surface area contributed by atoms with E-state index in [1.54, 1.807) is 0 Å². The molecule has 2 heterocycles. The summed E-state index contributed by atoms with van der Waals surface area (Å²) in [6.07, 6.45) is 0. The van der Waals surface area contributed by atoms with Crippen LogP contribution in [0.2, 0.25) is 10.3 Å². The summed E-state index contributed by atoms with van der Waals surface area (Å²) in [6.45, 7) is 4.48. The highest BCUT2D eigenvalue weighted by Crippen LogP contribution is 2.05. The van der Waals surface area contributed by atoms with Gasteiger partial charge in [-0.3, -0.25) is 28.3 Å². The minimum Gasteiger partial charge on any atom is -0.298 e. The van der Waals surface area contributed by atoms with Crippen LogP contribution >= 0.6 is 23.2 Å². The van der Waals surface area contributed by atoms with Crippen LogP contribution in [0.15, 0.2) is 31.3 Å². The molecule has 0 aliphatic carbocycles. The van der Waals surface area contributed by atoms with Gasteiger partial charge in [-0.25, -0.2) is 9.59 Å². The molecule has 24 heavy (non-hydrogen) atoms. The van der Waals surface area contributed by atoms with E-state index in [9.17, 15) is 19.2 Å². The largest absolute Gasteiger partial charge is 0.331 e. The highest BCUT2D eigenvalue weighted by Gasteiger charge is 2.08. The molecule has 132 valence electrons. The number of H-pyrrole nitrogens is 1. The van der Waals surface area contributed by atoms with Crippen LogP contribution in [0.3, 0.4) is 0 Å². The second-order valence-corrected chi connectivity index (χ2v) is 6.27. The Balaban J connectivity index is 0.000000254. The Hall–Kier alpha value is -2.06. The molecule has 1 N–H and O–H groups in total. The van der Waals surface area contributed by atoms with Gasteiger partial charge in [0, 0.05) is 32.8 Å². The van der Waals surface area contributed by atoms with Crippen molar-refractivity contribution >= 4 is 23.2 Å². The first kappa shape index (κ1) is 20.0. The Morgan fingerprint density at radius 2 is 1.54 bits per heavy atom. The van der Waals surface area contributed by atoms with E-state index in [4.69, 9.17) is 23.2 Å². The van der Waals surface area contributed by atoms with Gasteiger partial charge in [-0.15, -0.1) is 0 Å². The number of nitrogens with zero attached hydrogens (tertiary/aromatic N) is 3. The second kappa shape index (κ2) is 8.16. The maximum atomic E-state index is 11.6. The molecule has 0 aromatic carbocycles. The van der Waals surface area contributed by atoms with Crippen LogP contribution in [0.25, 0.3) is 0 Å². The number of rotatable bonds is 2. The van der Waals surface area contributed by atoms with E-state index in [0.717, 1.165) is 15.2 Å². The molecule has 10 heteroatoms. The lowest BCUT2D eigenvalue weighted by Gasteiger charge is -2.11. The van der Waals surface area contributed by atoms with Crippen molar-refractivity contribution in [2.75, 3.05) is 0 Å². The zero-order valence-electron chi connectivity index (χ0n) is 13.7. The summed E-state index contributed by atoms with van der Waals surface area (Å²) in [5.74, 6) is 0.308. The lowest BCUT2D eigenvalue weighted by atomic mass is 10.2. The van der Waals surface area contributed by atoms with Gasteiger partial charge >= 0.3 is 11.4 Å². The fourth-order valence-corrected chi connectivity index (χ4v) is 2.11. The van der Waals surface area contributed by atoms with Crippen LogP contribution in [0.1, 0.15) is 13.8 Å². The topological polar surface area (TPSA) is 98.9 Å². The lowest BCUT2D eigenvalue weighted by Crippen LogP contribution is -2.38. The summed E-state index contributed by atoms with van der Waals surface area (Å²) < 4.78 is 3.38. The van der Waals surface area contributed by atoms with E-state index in [-0.39, 0.29) is 21.6 Å². The van der Waals surface area contributed by atoms with Crippen molar-refractivity contribution in [1.82, 2.24) is 18.7 Å². The molecule has 0 aliphatic heterocycles. The third kappa shape index (κ3) is 4.97. The number of hydrogen-bond donors (Lipinski definition) is 1. The maximum absolute atomic E-state index is 11.6. The summed E-state index contributed by atoms with van der Waals surface area (Å²) in [5.41, 5.74) is -1.65. The van der Waals surface area contributed by atoms with E-state index in [1.165, 1.54) is 24.7 Å². The van der Waals surface area contributed by atoms with Gasteiger partial charge in [0.2, 0.25) is 0 Å². The average molecular weight is 377 g/mol. The Morgan fingerprint density at radius 3 is 2.04 bits per heavy atom. The molecule has 0 fully saturated rings. The summed E-state index contributed by atoms with van der Waals surface area (Å²) >= 11 is 11.2. The van der Waals surface area contributed by atoms with Gasteiger partial charge in [0.15, 0.2) is 0 Å². The van der Waals surface area contributed by atoms with Crippen LogP contribution in [-0.2, 0) is 20.6 Å². The molecular weight excluding hydrogens is 359 g/mol. The fourth-order valence-electron chi connectivity index (χ4n) is 1.70. The van der Waals surface area contributed by atoms with Gasteiger partial charge in [0.25, 0.3) is 11.1 Å². The molecule has 0 radical (unpaired) electrons. The first-order valence-electron chi connectivity index (χ1n) is 6.96. The van der Waals surface area contributed by atoms with Crippen LogP contribution < -0.4 is 22.5 Å². The smallest absolute Gasteiger partial charge is 0.298 e. The molecule has 2 rings (SSSR count). The minimum absolute atomic E-state index is 0.0631. The zero-order valence-corrected chi connectivity index (χ0v) is 15.2. The fraction of sp³-hybridized carbons (Fsp3) is 0.429. The van der Waals surface area contributed by atoms with Crippen molar-refractivity contribution in [2.24, 2.45) is 20.0 Å². The van der Waals surface area contributed by atoms with E-state index in [0.29, 0.717) is 12.5 Å². The van der Waals surface area contributed by atoms with Crippen LogP contribution in [0.4, 0.5) is 0 Å². The highest BCUT2D eigenvalue weighted by molar-refractivity contribution is 6.29. The zero-order chi connectivity index (χ0) is 18.6. The van der Waals surface area contributed by atoms with Crippen LogP contribution in [0, 0.1) is 5.92 Å². The molecule has 0 bridgehead atoms.